The monoisotopic (exact) mass is 181 g/mol. The number of hydrogen-bond acceptors (Lipinski definition) is 2. The van der Waals surface area contributed by atoms with Crippen LogP contribution >= 0.6 is 0 Å². The number of rotatable bonds is 5. The van der Waals surface area contributed by atoms with Crippen LogP contribution in [0.5, 0.6) is 0 Å². The summed E-state index contributed by atoms with van der Waals surface area (Å²) in [4.78, 5) is 0. The normalized spacial score (nSPS) is 12.7. The van der Waals surface area contributed by atoms with Gasteiger partial charge in [0, 0.05) is 5.41 Å². The van der Waals surface area contributed by atoms with Crippen LogP contribution in [0.15, 0.2) is 30.0 Å². The van der Waals surface area contributed by atoms with Gasteiger partial charge in [-0.05, 0) is 19.8 Å². The highest BCUT2D eigenvalue weighted by Crippen LogP contribution is 2.28. The molecule has 2 heteroatoms. The Morgan fingerprint density at radius 3 is 2.38 bits per heavy atom. The van der Waals surface area contributed by atoms with E-state index in [1.54, 1.807) is 0 Å². The van der Waals surface area contributed by atoms with Crippen LogP contribution in [0.3, 0.4) is 0 Å². The Balaban J connectivity index is 4.58. The van der Waals surface area contributed by atoms with E-state index in [4.69, 9.17) is 5.21 Å². The summed E-state index contributed by atoms with van der Waals surface area (Å²) in [5.41, 5.74) is 1.54. The second-order valence-electron chi connectivity index (χ2n) is 3.78. The topological polar surface area (TPSA) is 32.6 Å². The molecule has 2 nitrogen and oxygen atoms in total. The van der Waals surface area contributed by atoms with Crippen molar-refractivity contribution in [2.45, 2.75) is 33.6 Å². The van der Waals surface area contributed by atoms with Gasteiger partial charge in [0.15, 0.2) is 0 Å². The minimum atomic E-state index is -0.224. The van der Waals surface area contributed by atoms with Crippen molar-refractivity contribution in [2.24, 2.45) is 10.6 Å². The first kappa shape index (κ1) is 11.9. The molecule has 0 rings (SSSR count). The summed E-state index contributed by atoms with van der Waals surface area (Å²) < 4.78 is 0. The molecule has 0 amide bonds. The second-order valence-corrected chi connectivity index (χ2v) is 3.78. The van der Waals surface area contributed by atoms with Crippen molar-refractivity contribution in [3.8, 4) is 0 Å². The van der Waals surface area contributed by atoms with Crippen LogP contribution in [0.4, 0.5) is 0 Å². The molecule has 0 saturated heterocycles. The summed E-state index contributed by atoms with van der Waals surface area (Å²) in [7, 11) is 0. The van der Waals surface area contributed by atoms with Crippen molar-refractivity contribution >= 4 is 5.71 Å². The predicted molar refractivity (Wildman–Crippen MR) is 57.2 cm³/mol. The highest BCUT2D eigenvalue weighted by Gasteiger charge is 2.25. The Bertz CT molecular complexity index is 226. The molecule has 0 aliphatic heterocycles. The first-order valence-corrected chi connectivity index (χ1v) is 4.45. The van der Waals surface area contributed by atoms with E-state index >= 15 is 0 Å². The van der Waals surface area contributed by atoms with E-state index in [1.807, 2.05) is 26.8 Å². The van der Waals surface area contributed by atoms with Crippen molar-refractivity contribution in [1.82, 2.24) is 0 Å². The predicted octanol–water partition coefficient (Wildman–Crippen LogP) is 3.39. The van der Waals surface area contributed by atoms with E-state index in [1.165, 1.54) is 0 Å². The third-order valence-corrected chi connectivity index (χ3v) is 2.49. The molecule has 74 valence electrons. The highest BCUT2D eigenvalue weighted by atomic mass is 16.4. The van der Waals surface area contributed by atoms with Gasteiger partial charge in [-0.25, -0.2) is 0 Å². The minimum absolute atomic E-state index is 0.224. The Morgan fingerprint density at radius 2 is 2.08 bits per heavy atom. The number of hydrogen-bond donors (Lipinski definition) is 1. The van der Waals surface area contributed by atoms with Crippen molar-refractivity contribution < 1.29 is 5.21 Å². The Labute approximate surface area is 80.7 Å². The summed E-state index contributed by atoms with van der Waals surface area (Å²) in [6.07, 6.45) is 3.38. The quantitative estimate of drug-likeness (QED) is 0.300. The molecule has 0 aromatic carbocycles. The van der Waals surface area contributed by atoms with Gasteiger partial charge in [0.25, 0.3) is 0 Å². The zero-order valence-corrected chi connectivity index (χ0v) is 8.80. The number of oxime groups is 1. The molecule has 13 heavy (non-hydrogen) atoms. The van der Waals surface area contributed by atoms with Crippen molar-refractivity contribution in [1.29, 1.82) is 0 Å². The average molecular weight is 181 g/mol. The largest absolute Gasteiger partial charge is 0.411 e. The van der Waals surface area contributed by atoms with Gasteiger partial charge in [0.05, 0.1) is 5.71 Å². The van der Waals surface area contributed by atoms with Crippen molar-refractivity contribution in [2.75, 3.05) is 0 Å². The third kappa shape index (κ3) is 3.05. The second kappa shape index (κ2) is 4.85. The summed E-state index contributed by atoms with van der Waals surface area (Å²) in [6, 6.07) is 0. The minimum Gasteiger partial charge on any atom is -0.411 e. The maximum absolute atomic E-state index is 8.85. The maximum atomic E-state index is 8.85. The lowest BCUT2D eigenvalue weighted by Crippen LogP contribution is -2.25. The van der Waals surface area contributed by atoms with Gasteiger partial charge in [-0.1, -0.05) is 37.2 Å². The summed E-state index contributed by atoms with van der Waals surface area (Å²) in [6.45, 7) is 13.5. The SMILES string of the molecule is C=CCCC(=NO)C(C)(C)C(=C)C. The van der Waals surface area contributed by atoms with Crippen molar-refractivity contribution in [3.63, 3.8) is 0 Å². The van der Waals surface area contributed by atoms with Crippen LogP contribution in [0.2, 0.25) is 0 Å². The third-order valence-electron chi connectivity index (χ3n) is 2.49. The van der Waals surface area contributed by atoms with Gasteiger partial charge in [0.2, 0.25) is 0 Å². The first-order valence-electron chi connectivity index (χ1n) is 4.45. The standard InChI is InChI=1S/C11H19NO/c1-6-7-8-10(12-13)11(4,5)9(2)3/h6,13H,1-2,7-8H2,3-5H3. The van der Waals surface area contributed by atoms with Crippen LogP contribution in [0, 0.1) is 5.41 Å². The first-order chi connectivity index (χ1) is 5.96. The van der Waals surface area contributed by atoms with E-state index in [2.05, 4.69) is 18.3 Å². The molecule has 0 aliphatic carbocycles. The fourth-order valence-electron chi connectivity index (χ4n) is 0.973. The van der Waals surface area contributed by atoms with Gasteiger partial charge >= 0.3 is 0 Å². The molecule has 1 N–H and O–H groups in total. The van der Waals surface area contributed by atoms with Crippen LogP contribution in [0.25, 0.3) is 0 Å². The molecule has 0 unspecified atom stereocenters. The lowest BCUT2D eigenvalue weighted by Gasteiger charge is -2.25. The molecule has 0 saturated carbocycles. The maximum Gasteiger partial charge on any atom is 0.0670 e. The van der Waals surface area contributed by atoms with Crippen LogP contribution in [0.1, 0.15) is 33.6 Å². The molecule has 0 atom stereocenters. The zero-order valence-electron chi connectivity index (χ0n) is 8.80. The van der Waals surface area contributed by atoms with E-state index in [0.717, 1.165) is 24.1 Å². The zero-order chi connectivity index (χ0) is 10.5. The van der Waals surface area contributed by atoms with E-state index in [0.29, 0.717) is 0 Å². The summed E-state index contributed by atoms with van der Waals surface area (Å²) in [5.74, 6) is 0. The molecular weight excluding hydrogens is 162 g/mol. The highest BCUT2D eigenvalue weighted by molar-refractivity contribution is 5.91. The lowest BCUT2D eigenvalue weighted by atomic mass is 9.79. The van der Waals surface area contributed by atoms with Crippen LogP contribution in [-0.4, -0.2) is 10.9 Å². The molecule has 0 radical (unpaired) electrons. The van der Waals surface area contributed by atoms with E-state index in [-0.39, 0.29) is 5.41 Å². The van der Waals surface area contributed by atoms with Crippen LogP contribution < -0.4 is 0 Å². The van der Waals surface area contributed by atoms with E-state index < -0.39 is 0 Å². The van der Waals surface area contributed by atoms with Gasteiger partial charge in [-0.2, -0.15) is 0 Å². The summed E-state index contributed by atoms with van der Waals surface area (Å²) in [5, 5.41) is 12.2. The molecular formula is C11H19NO. The molecule has 0 heterocycles. The van der Waals surface area contributed by atoms with Gasteiger partial charge in [0.1, 0.15) is 0 Å². The van der Waals surface area contributed by atoms with Gasteiger partial charge < -0.3 is 5.21 Å². The number of nitrogens with zero attached hydrogens (tertiary/aromatic N) is 1. The Kier molecular flexibility index (Phi) is 4.46. The van der Waals surface area contributed by atoms with Gasteiger partial charge in [-0.3, -0.25) is 0 Å². The molecule has 0 aromatic rings. The Hall–Kier alpha value is -1.05. The van der Waals surface area contributed by atoms with E-state index in [9.17, 15) is 0 Å². The molecule has 0 spiro atoms. The Morgan fingerprint density at radius 1 is 1.54 bits per heavy atom. The average Bonchev–Trinajstić information content (AvgIpc) is 2.05. The fourth-order valence-corrected chi connectivity index (χ4v) is 0.973. The molecule has 0 bridgehead atoms. The molecule has 0 aromatic heterocycles. The molecule has 0 fully saturated rings. The molecule has 0 aliphatic rings. The lowest BCUT2D eigenvalue weighted by molar-refractivity contribution is 0.310. The van der Waals surface area contributed by atoms with Crippen molar-refractivity contribution in [3.05, 3.63) is 24.8 Å². The summed E-state index contributed by atoms with van der Waals surface area (Å²) >= 11 is 0. The van der Waals surface area contributed by atoms with Gasteiger partial charge in [-0.15, -0.1) is 6.58 Å². The fraction of sp³-hybridized carbons (Fsp3) is 0.545. The smallest absolute Gasteiger partial charge is 0.0670 e. The number of allylic oxidation sites excluding steroid dienone is 2. The van der Waals surface area contributed by atoms with Crippen LogP contribution in [-0.2, 0) is 0 Å².